The molecule has 0 aliphatic heterocycles. The van der Waals surface area contributed by atoms with Crippen molar-refractivity contribution in [3.8, 4) is 22.3 Å². The van der Waals surface area contributed by atoms with E-state index in [0.29, 0.717) is 17.7 Å². The Bertz CT molecular complexity index is 1370. The monoisotopic (exact) mass is 430 g/mol. The number of sulfone groups is 1. The van der Waals surface area contributed by atoms with Crippen molar-refractivity contribution in [2.45, 2.75) is 18.4 Å². The minimum absolute atomic E-state index is 0.197. The van der Waals surface area contributed by atoms with Crippen molar-refractivity contribution in [1.29, 1.82) is 0 Å². The minimum atomic E-state index is -3.30. The summed E-state index contributed by atoms with van der Waals surface area (Å²) in [5.74, 6) is 0. The van der Waals surface area contributed by atoms with E-state index in [1.54, 1.807) is 30.5 Å². The fraction of sp³-hybridized carbons (Fsp3) is 0.120. The van der Waals surface area contributed by atoms with Crippen molar-refractivity contribution in [3.05, 3.63) is 107 Å². The SMILES string of the molecule is Cc1ccc(-c2c(-c3ccc(S(C)(=O)=O)cc3)cnn(Cc3ccccc3)c2=O)cc1. The van der Waals surface area contributed by atoms with Gasteiger partial charge in [-0.15, -0.1) is 0 Å². The second-order valence-electron chi connectivity index (χ2n) is 7.54. The first-order valence-electron chi connectivity index (χ1n) is 9.84. The summed E-state index contributed by atoms with van der Waals surface area (Å²) in [6.45, 7) is 2.36. The molecule has 0 aliphatic rings. The van der Waals surface area contributed by atoms with E-state index in [1.807, 2.05) is 61.5 Å². The molecule has 0 saturated heterocycles. The summed E-state index contributed by atoms with van der Waals surface area (Å²) in [6, 6.07) is 24.0. The third-order valence-electron chi connectivity index (χ3n) is 5.15. The van der Waals surface area contributed by atoms with E-state index in [2.05, 4.69) is 5.10 Å². The van der Waals surface area contributed by atoms with Crippen LogP contribution in [-0.4, -0.2) is 24.5 Å². The van der Waals surface area contributed by atoms with Crippen LogP contribution in [0.4, 0.5) is 0 Å². The number of benzene rings is 3. The Labute approximate surface area is 181 Å². The summed E-state index contributed by atoms with van der Waals surface area (Å²) in [4.78, 5) is 13.7. The minimum Gasteiger partial charge on any atom is -0.267 e. The van der Waals surface area contributed by atoms with Gasteiger partial charge < -0.3 is 0 Å². The summed E-state index contributed by atoms with van der Waals surface area (Å²) in [5.41, 5.74) is 4.62. The standard InChI is InChI=1S/C25H22N2O3S/c1-18-8-10-21(11-9-18)24-23(20-12-14-22(15-13-20)31(2,29)30)16-26-27(25(24)28)17-19-6-4-3-5-7-19/h3-16H,17H2,1-2H3. The van der Waals surface area contributed by atoms with Gasteiger partial charge in [0.25, 0.3) is 5.56 Å². The molecule has 4 rings (SSSR count). The maximum atomic E-state index is 13.5. The smallest absolute Gasteiger partial charge is 0.267 e. The molecule has 0 aliphatic carbocycles. The van der Waals surface area contributed by atoms with Crippen LogP contribution < -0.4 is 5.56 Å². The van der Waals surface area contributed by atoms with Gasteiger partial charge in [-0.2, -0.15) is 5.10 Å². The van der Waals surface area contributed by atoms with Crippen molar-refractivity contribution < 1.29 is 8.42 Å². The lowest BCUT2D eigenvalue weighted by Crippen LogP contribution is -2.25. The largest absolute Gasteiger partial charge is 0.275 e. The highest BCUT2D eigenvalue weighted by molar-refractivity contribution is 7.90. The summed E-state index contributed by atoms with van der Waals surface area (Å²) in [5, 5.41) is 4.41. The van der Waals surface area contributed by atoms with Crippen LogP contribution in [0.3, 0.4) is 0 Å². The number of aryl methyl sites for hydroxylation is 1. The Morgan fingerprint density at radius 3 is 2.06 bits per heavy atom. The molecule has 0 atom stereocenters. The van der Waals surface area contributed by atoms with Crippen LogP contribution in [0, 0.1) is 6.92 Å². The fourth-order valence-electron chi connectivity index (χ4n) is 3.46. The Morgan fingerprint density at radius 1 is 0.839 bits per heavy atom. The highest BCUT2D eigenvalue weighted by atomic mass is 32.2. The molecule has 0 bridgehead atoms. The zero-order valence-corrected chi connectivity index (χ0v) is 18.1. The molecule has 3 aromatic carbocycles. The van der Waals surface area contributed by atoms with Crippen molar-refractivity contribution in [2.24, 2.45) is 0 Å². The number of hydrogen-bond donors (Lipinski definition) is 0. The first-order valence-corrected chi connectivity index (χ1v) is 11.7. The maximum Gasteiger partial charge on any atom is 0.275 e. The molecule has 6 heteroatoms. The Morgan fingerprint density at radius 2 is 1.45 bits per heavy atom. The molecule has 156 valence electrons. The van der Waals surface area contributed by atoms with Crippen LogP contribution in [0.15, 0.2) is 94.7 Å². The van der Waals surface area contributed by atoms with Crippen LogP contribution >= 0.6 is 0 Å². The van der Waals surface area contributed by atoms with Gasteiger partial charge in [-0.1, -0.05) is 72.3 Å². The van der Waals surface area contributed by atoms with Crippen LogP contribution in [0.2, 0.25) is 0 Å². The molecule has 0 fully saturated rings. The number of nitrogens with zero attached hydrogens (tertiary/aromatic N) is 2. The quantitative estimate of drug-likeness (QED) is 0.472. The van der Waals surface area contributed by atoms with Crippen LogP contribution in [-0.2, 0) is 16.4 Å². The summed E-state index contributed by atoms with van der Waals surface area (Å²) < 4.78 is 25.1. The first kappa shape index (κ1) is 20.8. The lowest BCUT2D eigenvalue weighted by Gasteiger charge is -2.13. The molecule has 0 N–H and O–H groups in total. The lowest BCUT2D eigenvalue weighted by atomic mass is 9.96. The van der Waals surface area contributed by atoms with E-state index in [1.165, 1.54) is 10.9 Å². The van der Waals surface area contributed by atoms with Gasteiger partial charge >= 0.3 is 0 Å². The van der Waals surface area contributed by atoms with E-state index in [4.69, 9.17) is 0 Å². The van der Waals surface area contributed by atoms with Gasteiger partial charge in [-0.3, -0.25) is 4.79 Å². The number of hydrogen-bond acceptors (Lipinski definition) is 4. The van der Waals surface area contributed by atoms with Crippen molar-refractivity contribution in [3.63, 3.8) is 0 Å². The molecule has 1 heterocycles. The van der Waals surface area contributed by atoms with Crippen molar-refractivity contribution in [1.82, 2.24) is 9.78 Å². The molecule has 1 aromatic heterocycles. The van der Waals surface area contributed by atoms with Gasteiger partial charge in [0.2, 0.25) is 0 Å². The highest BCUT2D eigenvalue weighted by Gasteiger charge is 2.16. The van der Waals surface area contributed by atoms with Gasteiger partial charge in [0.15, 0.2) is 9.84 Å². The second-order valence-corrected chi connectivity index (χ2v) is 9.56. The lowest BCUT2D eigenvalue weighted by molar-refractivity contribution is 0.602. The molecule has 0 radical (unpaired) electrons. The Balaban J connectivity index is 1.87. The van der Waals surface area contributed by atoms with Gasteiger partial charge in [0.1, 0.15) is 0 Å². The van der Waals surface area contributed by atoms with E-state index in [9.17, 15) is 13.2 Å². The zero-order chi connectivity index (χ0) is 22.0. The fourth-order valence-corrected chi connectivity index (χ4v) is 4.09. The Kier molecular flexibility index (Phi) is 5.57. The molecule has 5 nitrogen and oxygen atoms in total. The van der Waals surface area contributed by atoms with E-state index in [0.717, 1.165) is 22.3 Å². The number of aromatic nitrogens is 2. The molecule has 31 heavy (non-hydrogen) atoms. The first-order chi connectivity index (χ1) is 14.8. The second kappa shape index (κ2) is 8.32. The predicted octanol–water partition coefficient (Wildman–Crippen LogP) is 4.34. The molecule has 0 saturated carbocycles. The van der Waals surface area contributed by atoms with E-state index < -0.39 is 9.84 Å². The van der Waals surface area contributed by atoms with Crippen LogP contribution in [0.25, 0.3) is 22.3 Å². The molecule has 4 aromatic rings. The number of rotatable bonds is 5. The van der Waals surface area contributed by atoms with Crippen LogP contribution in [0.5, 0.6) is 0 Å². The van der Waals surface area contributed by atoms with Gasteiger partial charge in [0, 0.05) is 11.8 Å². The average Bonchev–Trinajstić information content (AvgIpc) is 2.76. The third-order valence-corrected chi connectivity index (χ3v) is 6.28. The summed E-state index contributed by atoms with van der Waals surface area (Å²) >= 11 is 0. The van der Waals surface area contributed by atoms with Crippen molar-refractivity contribution >= 4 is 9.84 Å². The molecule has 0 unspecified atom stereocenters. The van der Waals surface area contributed by atoms with Crippen LogP contribution in [0.1, 0.15) is 11.1 Å². The summed E-state index contributed by atoms with van der Waals surface area (Å²) in [7, 11) is -3.30. The third kappa shape index (κ3) is 4.49. The molecular weight excluding hydrogens is 408 g/mol. The van der Waals surface area contributed by atoms with Crippen molar-refractivity contribution in [2.75, 3.05) is 6.26 Å². The molecule has 0 spiro atoms. The highest BCUT2D eigenvalue weighted by Crippen LogP contribution is 2.29. The normalized spacial score (nSPS) is 11.4. The zero-order valence-electron chi connectivity index (χ0n) is 17.3. The predicted molar refractivity (Wildman–Crippen MR) is 123 cm³/mol. The van der Waals surface area contributed by atoms with Gasteiger partial charge in [0.05, 0.1) is 23.2 Å². The average molecular weight is 431 g/mol. The topological polar surface area (TPSA) is 69.0 Å². The Hall–Kier alpha value is -3.51. The molecule has 0 amide bonds. The van der Waals surface area contributed by atoms with Gasteiger partial charge in [-0.05, 0) is 35.7 Å². The van der Waals surface area contributed by atoms with Gasteiger partial charge in [-0.25, -0.2) is 13.1 Å². The van der Waals surface area contributed by atoms with E-state index >= 15 is 0 Å². The molecular formula is C25H22N2O3S. The van der Waals surface area contributed by atoms with E-state index in [-0.39, 0.29) is 10.5 Å². The maximum absolute atomic E-state index is 13.5. The summed E-state index contributed by atoms with van der Waals surface area (Å²) in [6.07, 6.45) is 2.85.